The molecule has 0 spiro atoms. The summed E-state index contributed by atoms with van der Waals surface area (Å²) < 4.78 is 6.73. The van der Waals surface area contributed by atoms with Crippen molar-refractivity contribution < 1.29 is 9.53 Å². The van der Waals surface area contributed by atoms with Crippen LogP contribution in [0.2, 0.25) is 0 Å². The van der Waals surface area contributed by atoms with Crippen molar-refractivity contribution in [2.45, 2.75) is 6.92 Å². The lowest BCUT2D eigenvalue weighted by Crippen LogP contribution is -2.14. The third-order valence-corrected chi connectivity index (χ3v) is 2.79. The van der Waals surface area contributed by atoms with Crippen molar-refractivity contribution in [2.75, 3.05) is 18.2 Å². The Morgan fingerprint density at radius 1 is 1.47 bits per heavy atom. The average molecular weight is 260 g/mol. The van der Waals surface area contributed by atoms with Crippen LogP contribution in [0.3, 0.4) is 0 Å². The van der Waals surface area contributed by atoms with Gasteiger partial charge in [0.2, 0.25) is 0 Å². The second-order valence-electron chi connectivity index (χ2n) is 4.18. The highest BCUT2D eigenvalue weighted by molar-refractivity contribution is 6.08. The van der Waals surface area contributed by atoms with Crippen LogP contribution in [0.25, 0.3) is 0 Å². The van der Waals surface area contributed by atoms with E-state index in [1.165, 1.54) is 7.11 Å². The third-order valence-electron chi connectivity index (χ3n) is 2.79. The number of nitrogens with zero attached hydrogens (tertiary/aromatic N) is 2. The van der Waals surface area contributed by atoms with Crippen molar-refractivity contribution in [3.63, 3.8) is 0 Å². The lowest BCUT2D eigenvalue weighted by molar-refractivity contribution is 0.102. The fourth-order valence-electron chi connectivity index (χ4n) is 1.83. The van der Waals surface area contributed by atoms with Gasteiger partial charge in [-0.3, -0.25) is 9.48 Å². The zero-order valence-electron chi connectivity index (χ0n) is 11.1. The van der Waals surface area contributed by atoms with E-state index in [4.69, 9.17) is 10.5 Å². The van der Waals surface area contributed by atoms with Gasteiger partial charge in [0.05, 0.1) is 29.7 Å². The minimum Gasteiger partial charge on any atom is -0.495 e. The Morgan fingerprint density at radius 3 is 2.79 bits per heavy atom. The molecule has 6 heteroatoms. The first-order chi connectivity index (χ1) is 9.02. The molecule has 0 saturated heterocycles. The van der Waals surface area contributed by atoms with Crippen LogP contribution in [0, 0.1) is 6.92 Å². The maximum atomic E-state index is 12.2. The molecule has 6 nitrogen and oxygen atoms in total. The number of nitrogens with one attached hydrogen (secondary N) is 1. The van der Waals surface area contributed by atoms with E-state index in [9.17, 15) is 4.79 Å². The Hall–Kier alpha value is -2.50. The summed E-state index contributed by atoms with van der Waals surface area (Å²) in [5.74, 6) is 0.197. The molecule has 1 heterocycles. The predicted molar refractivity (Wildman–Crippen MR) is 73.3 cm³/mol. The average Bonchev–Trinajstić information content (AvgIpc) is 2.68. The zero-order valence-corrected chi connectivity index (χ0v) is 11.1. The molecule has 0 unspecified atom stereocenters. The van der Waals surface area contributed by atoms with Gasteiger partial charge >= 0.3 is 0 Å². The second kappa shape index (κ2) is 5.01. The van der Waals surface area contributed by atoms with Crippen LogP contribution in [-0.2, 0) is 7.05 Å². The summed E-state index contributed by atoms with van der Waals surface area (Å²) in [4.78, 5) is 12.2. The van der Waals surface area contributed by atoms with Crippen molar-refractivity contribution in [3.05, 3.63) is 35.7 Å². The Morgan fingerprint density at radius 2 is 2.21 bits per heavy atom. The Labute approximate surface area is 111 Å². The van der Waals surface area contributed by atoms with Gasteiger partial charge in [-0.2, -0.15) is 5.10 Å². The normalized spacial score (nSPS) is 10.3. The summed E-state index contributed by atoms with van der Waals surface area (Å²) >= 11 is 0. The highest BCUT2D eigenvalue weighted by atomic mass is 16.5. The SMILES string of the molecule is COc1cccc(C(=O)Nc2cn(C)nc2C)c1N. The van der Waals surface area contributed by atoms with Gasteiger partial charge in [-0.1, -0.05) is 6.07 Å². The number of methoxy groups -OCH3 is 1. The fraction of sp³-hybridized carbons (Fsp3) is 0.231. The minimum absolute atomic E-state index is 0.285. The van der Waals surface area contributed by atoms with E-state index in [1.807, 2.05) is 6.92 Å². The third kappa shape index (κ3) is 2.52. The molecule has 1 aromatic heterocycles. The van der Waals surface area contributed by atoms with Crippen LogP contribution in [0.5, 0.6) is 5.75 Å². The number of hydrogen-bond donors (Lipinski definition) is 2. The van der Waals surface area contributed by atoms with E-state index < -0.39 is 0 Å². The number of benzene rings is 1. The molecule has 1 aromatic carbocycles. The largest absolute Gasteiger partial charge is 0.495 e. The molecule has 3 N–H and O–H groups in total. The van der Waals surface area contributed by atoms with Crippen molar-refractivity contribution in [3.8, 4) is 5.75 Å². The number of rotatable bonds is 3. The molecule has 0 aliphatic carbocycles. The molecule has 100 valence electrons. The predicted octanol–water partition coefficient (Wildman–Crippen LogP) is 1.57. The van der Waals surface area contributed by atoms with Gasteiger partial charge in [-0.15, -0.1) is 0 Å². The van der Waals surface area contributed by atoms with E-state index >= 15 is 0 Å². The first kappa shape index (κ1) is 12.9. The van der Waals surface area contributed by atoms with E-state index in [-0.39, 0.29) is 5.91 Å². The van der Waals surface area contributed by atoms with Crippen molar-refractivity contribution in [1.82, 2.24) is 9.78 Å². The van der Waals surface area contributed by atoms with Gasteiger partial charge in [0.15, 0.2) is 0 Å². The maximum Gasteiger partial charge on any atom is 0.257 e. The number of nitrogen functional groups attached to an aromatic ring is 1. The number of hydrogen-bond acceptors (Lipinski definition) is 4. The summed E-state index contributed by atoms with van der Waals surface area (Å²) in [6.07, 6.45) is 1.74. The van der Waals surface area contributed by atoms with Gasteiger partial charge in [0, 0.05) is 13.2 Å². The van der Waals surface area contributed by atoms with Crippen LogP contribution >= 0.6 is 0 Å². The Bertz CT molecular complexity index is 619. The number of amides is 1. The highest BCUT2D eigenvalue weighted by Crippen LogP contribution is 2.25. The first-order valence-corrected chi connectivity index (χ1v) is 5.77. The molecular formula is C13H16N4O2. The standard InChI is InChI=1S/C13H16N4O2/c1-8-10(7-17(2)16-8)15-13(18)9-5-4-6-11(19-3)12(9)14/h4-7H,14H2,1-3H3,(H,15,18). The lowest BCUT2D eigenvalue weighted by atomic mass is 10.1. The summed E-state index contributed by atoms with van der Waals surface area (Å²) in [5.41, 5.74) is 7.99. The molecule has 0 bridgehead atoms. The van der Waals surface area contributed by atoms with Crippen LogP contribution < -0.4 is 15.8 Å². The number of ether oxygens (including phenoxy) is 1. The van der Waals surface area contributed by atoms with Gasteiger partial charge < -0.3 is 15.8 Å². The van der Waals surface area contributed by atoms with E-state index in [0.29, 0.717) is 22.7 Å². The first-order valence-electron chi connectivity index (χ1n) is 5.77. The zero-order chi connectivity index (χ0) is 14.0. The Kier molecular flexibility index (Phi) is 3.41. The highest BCUT2D eigenvalue weighted by Gasteiger charge is 2.14. The summed E-state index contributed by atoms with van der Waals surface area (Å²) in [6.45, 7) is 1.82. The van der Waals surface area contributed by atoms with Crippen LogP contribution in [0.15, 0.2) is 24.4 Å². The van der Waals surface area contributed by atoms with E-state index in [0.717, 1.165) is 5.69 Å². The number of carbonyl (C=O) groups excluding carboxylic acids is 1. The molecule has 0 fully saturated rings. The maximum absolute atomic E-state index is 12.2. The monoisotopic (exact) mass is 260 g/mol. The van der Waals surface area contributed by atoms with Gasteiger partial charge in [0.1, 0.15) is 5.75 Å². The molecular weight excluding hydrogens is 244 g/mol. The number of aromatic nitrogens is 2. The molecule has 2 rings (SSSR count). The fourth-order valence-corrected chi connectivity index (χ4v) is 1.83. The molecule has 0 saturated carbocycles. The number of para-hydroxylation sites is 1. The van der Waals surface area contributed by atoms with E-state index in [1.54, 1.807) is 36.1 Å². The van der Waals surface area contributed by atoms with Gasteiger partial charge in [0.25, 0.3) is 5.91 Å². The summed E-state index contributed by atoms with van der Waals surface area (Å²) in [5, 5.41) is 6.94. The lowest BCUT2D eigenvalue weighted by Gasteiger charge is -2.09. The van der Waals surface area contributed by atoms with Crippen LogP contribution in [-0.4, -0.2) is 22.8 Å². The quantitative estimate of drug-likeness (QED) is 0.821. The van der Waals surface area contributed by atoms with Gasteiger partial charge in [-0.05, 0) is 19.1 Å². The van der Waals surface area contributed by atoms with Crippen LogP contribution in [0.4, 0.5) is 11.4 Å². The second-order valence-corrected chi connectivity index (χ2v) is 4.18. The Balaban J connectivity index is 2.28. The molecule has 2 aromatic rings. The smallest absolute Gasteiger partial charge is 0.257 e. The molecule has 0 aliphatic heterocycles. The van der Waals surface area contributed by atoms with Crippen molar-refractivity contribution in [2.24, 2.45) is 7.05 Å². The summed E-state index contributed by atoms with van der Waals surface area (Å²) in [7, 11) is 3.31. The van der Waals surface area contributed by atoms with Gasteiger partial charge in [-0.25, -0.2) is 0 Å². The van der Waals surface area contributed by atoms with Crippen molar-refractivity contribution in [1.29, 1.82) is 0 Å². The summed E-state index contributed by atoms with van der Waals surface area (Å²) in [6, 6.07) is 5.08. The molecule has 0 aliphatic rings. The van der Waals surface area contributed by atoms with Crippen molar-refractivity contribution >= 4 is 17.3 Å². The molecule has 0 radical (unpaired) electrons. The van der Waals surface area contributed by atoms with E-state index in [2.05, 4.69) is 10.4 Å². The number of anilines is 2. The topological polar surface area (TPSA) is 82.2 Å². The number of nitrogens with two attached hydrogens (primary N) is 1. The molecule has 1 amide bonds. The minimum atomic E-state index is -0.285. The number of aryl methyl sites for hydroxylation is 2. The van der Waals surface area contributed by atoms with Crippen LogP contribution in [0.1, 0.15) is 16.1 Å². The number of carbonyl (C=O) groups is 1. The molecule has 0 atom stereocenters. The molecule has 19 heavy (non-hydrogen) atoms.